The molecule has 0 aromatic heterocycles. The van der Waals surface area contributed by atoms with E-state index >= 15 is 0 Å². The number of anilines is 1. The summed E-state index contributed by atoms with van der Waals surface area (Å²) in [5, 5.41) is 2.93. The molecule has 2 N–H and O–H groups in total. The molecule has 0 bridgehead atoms. The van der Waals surface area contributed by atoms with Crippen molar-refractivity contribution in [1.29, 1.82) is 0 Å². The van der Waals surface area contributed by atoms with Gasteiger partial charge in [0.1, 0.15) is 4.90 Å². The van der Waals surface area contributed by atoms with Crippen LogP contribution in [0.25, 0.3) is 0 Å². The van der Waals surface area contributed by atoms with Gasteiger partial charge in [-0.05, 0) is 38.6 Å². The quantitative estimate of drug-likeness (QED) is 0.770. The maximum Gasteiger partial charge on any atom is 0.242 e. The molecule has 0 heterocycles. The van der Waals surface area contributed by atoms with E-state index in [1.54, 1.807) is 25.2 Å². The Labute approximate surface area is 128 Å². The maximum absolute atomic E-state index is 12.6. The molecule has 0 amide bonds. The monoisotopic (exact) mass is 313 g/mol. The highest BCUT2D eigenvalue weighted by atomic mass is 32.2. The van der Waals surface area contributed by atoms with Crippen LogP contribution in [-0.4, -0.2) is 47.0 Å². The molecule has 0 fully saturated rings. The summed E-state index contributed by atoms with van der Waals surface area (Å²) in [4.78, 5) is 2.29. The third-order valence-electron chi connectivity index (χ3n) is 3.11. The Bertz CT molecular complexity index is 532. The van der Waals surface area contributed by atoms with Gasteiger partial charge in [-0.15, -0.1) is 0 Å². The number of benzene rings is 1. The Hall–Kier alpha value is -1.11. The van der Waals surface area contributed by atoms with Crippen molar-refractivity contribution >= 4 is 15.7 Å². The smallest absolute Gasteiger partial charge is 0.242 e. The molecule has 0 saturated carbocycles. The van der Waals surface area contributed by atoms with Gasteiger partial charge in [-0.25, -0.2) is 13.1 Å². The van der Waals surface area contributed by atoms with Gasteiger partial charge in [0.05, 0.1) is 5.69 Å². The van der Waals surface area contributed by atoms with Crippen molar-refractivity contribution < 1.29 is 8.42 Å². The first-order valence-electron chi connectivity index (χ1n) is 7.20. The topological polar surface area (TPSA) is 61.4 Å². The first-order chi connectivity index (χ1) is 9.76. The van der Waals surface area contributed by atoms with Crippen molar-refractivity contribution in [2.45, 2.75) is 31.2 Å². The summed E-state index contributed by atoms with van der Waals surface area (Å²) in [5.74, 6) is 0.428. The number of para-hydroxylation sites is 1. The van der Waals surface area contributed by atoms with E-state index in [0.717, 1.165) is 6.42 Å². The lowest BCUT2D eigenvalue weighted by atomic mass is 10.0. The van der Waals surface area contributed by atoms with Crippen LogP contribution in [0.5, 0.6) is 0 Å². The average molecular weight is 313 g/mol. The minimum Gasteiger partial charge on any atom is -0.387 e. The van der Waals surface area contributed by atoms with Crippen LogP contribution in [0.3, 0.4) is 0 Å². The van der Waals surface area contributed by atoms with Crippen molar-refractivity contribution in [3.05, 3.63) is 24.3 Å². The number of likely N-dealkylation sites (N-methyl/N-ethyl adjacent to an activating group) is 1. The number of hydrogen-bond donors (Lipinski definition) is 2. The Morgan fingerprint density at radius 2 is 1.81 bits per heavy atom. The second kappa shape index (κ2) is 7.77. The van der Waals surface area contributed by atoms with Crippen molar-refractivity contribution in [1.82, 2.24) is 9.62 Å². The molecule has 1 aromatic rings. The van der Waals surface area contributed by atoms with Crippen LogP contribution in [-0.2, 0) is 10.0 Å². The molecule has 1 unspecified atom stereocenters. The molecule has 1 atom stereocenters. The zero-order valence-corrected chi connectivity index (χ0v) is 14.4. The summed E-state index contributed by atoms with van der Waals surface area (Å²) < 4.78 is 28.1. The fourth-order valence-corrected chi connectivity index (χ4v) is 3.81. The molecule has 120 valence electrons. The highest BCUT2D eigenvalue weighted by Gasteiger charge is 2.23. The van der Waals surface area contributed by atoms with E-state index in [1.807, 2.05) is 25.1 Å². The minimum atomic E-state index is -3.53. The Morgan fingerprint density at radius 3 is 2.33 bits per heavy atom. The summed E-state index contributed by atoms with van der Waals surface area (Å²) in [6, 6.07) is 6.83. The van der Waals surface area contributed by atoms with Crippen LogP contribution in [0.15, 0.2) is 29.2 Å². The summed E-state index contributed by atoms with van der Waals surface area (Å²) in [6.45, 7) is 4.87. The van der Waals surface area contributed by atoms with Gasteiger partial charge < -0.3 is 10.2 Å². The van der Waals surface area contributed by atoms with Crippen molar-refractivity contribution in [3.63, 3.8) is 0 Å². The Balaban J connectivity index is 2.99. The van der Waals surface area contributed by atoms with E-state index in [-0.39, 0.29) is 6.04 Å². The average Bonchev–Trinajstić information content (AvgIpc) is 2.36. The molecule has 0 aliphatic carbocycles. The molecule has 21 heavy (non-hydrogen) atoms. The van der Waals surface area contributed by atoms with E-state index < -0.39 is 10.0 Å². The number of nitrogens with zero attached hydrogens (tertiary/aromatic N) is 1. The highest BCUT2D eigenvalue weighted by molar-refractivity contribution is 7.89. The van der Waals surface area contributed by atoms with Crippen molar-refractivity contribution in [3.8, 4) is 0 Å². The molecule has 5 nitrogen and oxygen atoms in total. The third kappa shape index (κ3) is 5.65. The fourth-order valence-electron chi connectivity index (χ4n) is 2.36. The standard InChI is InChI=1S/C15H27N3O2S/c1-12(2)10-13(11-18(4)5)17-21(19,20)15-9-7-6-8-14(15)16-3/h6-9,12-13,16-17H,10-11H2,1-5H3. The van der Waals surface area contributed by atoms with Gasteiger partial charge >= 0.3 is 0 Å². The second-order valence-electron chi connectivity index (χ2n) is 5.96. The van der Waals surface area contributed by atoms with Crippen LogP contribution in [0.4, 0.5) is 5.69 Å². The van der Waals surface area contributed by atoms with E-state index in [9.17, 15) is 8.42 Å². The van der Waals surface area contributed by atoms with Crippen LogP contribution >= 0.6 is 0 Å². The van der Waals surface area contributed by atoms with E-state index in [4.69, 9.17) is 0 Å². The van der Waals surface area contributed by atoms with Gasteiger partial charge in [0.2, 0.25) is 10.0 Å². The molecule has 0 aliphatic rings. The maximum atomic E-state index is 12.6. The predicted octanol–water partition coefficient (Wildman–Crippen LogP) is 1.98. The van der Waals surface area contributed by atoms with E-state index in [1.165, 1.54) is 0 Å². The molecule has 0 saturated heterocycles. The molecule has 0 radical (unpaired) electrons. The van der Waals surface area contributed by atoms with Gasteiger partial charge in [-0.2, -0.15) is 0 Å². The van der Waals surface area contributed by atoms with Crippen LogP contribution in [0, 0.1) is 5.92 Å². The molecule has 1 aromatic carbocycles. The summed E-state index contributed by atoms with van der Waals surface area (Å²) >= 11 is 0. The summed E-state index contributed by atoms with van der Waals surface area (Å²) in [5.41, 5.74) is 0.609. The minimum absolute atomic E-state index is 0.102. The Morgan fingerprint density at radius 1 is 1.19 bits per heavy atom. The second-order valence-corrected chi connectivity index (χ2v) is 7.64. The van der Waals surface area contributed by atoms with Crippen LogP contribution in [0.2, 0.25) is 0 Å². The summed E-state index contributed by atoms with van der Waals surface area (Å²) in [7, 11) is 2.08. The number of hydrogen-bond acceptors (Lipinski definition) is 4. The normalized spacial score (nSPS) is 13.7. The Kier molecular flexibility index (Phi) is 6.64. The first-order valence-corrected chi connectivity index (χ1v) is 8.68. The first kappa shape index (κ1) is 17.9. The zero-order valence-electron chi connectivity index (χ0n) is 13.6. The lowest BCUT2D eigenvalue weighted by Crippen LogP contribution is -2.42. The van der Waals surface area contributed by atoms with Crippen LogP contribution < -0.4 is 10.0 Å². The molecule has 0 aliphatic heterocycles. The largest absolute Gasteiger partial charge is 0.387 e. The van der Waals surface area contributed by atoms with Gasteiger partial charge in [-0.1, -0.05) is 26.0 Å². The molecule has 0 spiro atoms. The lowest BCUT2D eigenvalue weighted by molar-refractivity contribution is 0.329. The van der Waals surface area contributed by atoms with Crippen molar-refractivity contribution in [2.24, 2.45) is 5.92 Å². The lowest BCUT2D eigenvalue weighted by Gasteiger charge is -2.24. The van der Waals surface area contributed by atoms with Gasteiger partial charge in [0.25, 0.3) is 0 Å². The zero-order chi connectivity index (χ0) is 16.0. The van der Waals surface area contributed by atoms with Crippen molar-refractivity contribution in [2.75, 3.05) is 33.0 Å². The number of rotatable bonds is 8. The van der Waals surface area contributed by atoms with Gasteiger partial charge in [0.15, 0.2) is 0 Å². The molecular formula is C15H27N3O2S. The molecule has 6 heteroatoms. The highest BCUT2D eigenvalue weighted by Crippen LogP contribution is 2.21. The SMILES string of the molecule is CNc1ccccc1S(=O)(=O)NC(CC(C)C)CN(C)C. The fraction of sp³-hybridized carbons (Fsp3) is 0.600. The summed E-state index contributed by atoms with van der Waals surface area (Å²) in [6.07, 6.45) is 0.805. The van der Waals surface area contributed by atoms with E-state index in [0.29, 0.717) is 23.0 Å². The van der Waals surface area contributed by atoms with Crippen LogP contribution in [0.1, 0.15) is 20.3 Å². The van der Waals surface area contributed by atoms with Gasteiger partial charge in [0, 0.05) is 19.6 Å². The molecule has 1 rings (SSSR count). The number of sulfonamides is 1. The predicted molar refractivity (Wildman–Crippen MR) is 88.1 cm³/mol. The van der Waals surface area contributed by atoms with Gasteiger partial charge in [-0.3, -0.25) is 0 Å². The number of nitrogens with one attached hydrogen (secondary N) is 2. The van der Waals surface area contributed by atoms with E-state index in [2.05, 4.69) is 23.9 Å². The molecular weight excluding hydrogens is 286 g/mol. The third-order valence-corrected chi connectivity index (χ3v) is 4.69.